The number of nitrogens with zero attached hydrogens (tertiary/aromatic N) is 2. The number of hydrogen-bond acceptors (Lipinski definition) is 7. The van der Waals surface area contributed by atoms with Gasteiger partial charge in [-0.2, -0.15) is 16.7 Å². The molecule has 1 aromatic heterocycles. The molecule has 6 nitrogen and oxygen atoms in total. The van der Waals surface area contributed by atoms with Gasteiger partial charge in [0.25, 0.3) is 0 Å². The summed E-state index contributed by atoms with van der Waals surface area (Å²) in [6.07, 6.45) is 1.78. The fourth-order valence-corrected chi connectivity index (χ4v) is 4.44. The minimum Gasteiger partial charge on any atom is -0.338 e. The number of sulfone groups is 1. The minimum absolute atomic E-state index is 0.00448. The summed E-state index contributed by atoms with van der Waals surface area (Å²) in [5.41, 5.74) is 0. The Morgan fingerprint density at radius 3 is 3.00 bits per heavy atom. The van der Waals surface area contributed by atoms with Gasteiger partial charge in [-0.1, -0.05) is 19.0 Å². The second-order valence-corrected chi connectivity index (χ2v) is 8.77. The summed E-state index contributed by atoms with van der Waals surface area (Å²) in [6, 6.07) is 0.00448. The van der Waals surface area contributed by atoms with Crippen LogP contribution in [0.15, 0.2) is 4.52 Å². The zero-order valence-electron chi connectivity index (χ0n) is 11.8. The van der Waals surface area contributed by atoms with Crippen LogP contribution in [0.2, 0.25) is 0 Å². The van der Waals surface area contributed by atoms with Gasteiger partial charge in [0.1, 0.15) is 0 Å². The zero-order valence-corrected chi connectivity index (χ0v) is 13.5. The standard InChI is InChI=1S/C12H21N3O3S2/c1-3-9(2)19-7-11-14-12(18-15-11)6-13-10-4-5-20(16,17)8-10/h9-10,13H,3-8H2,1-2H3. The Bertz CT molecular complexity index is 530. The molecule has 1 aromatic rings. The van der Waals surface area contributed by atoms with E-state index in [9.17, 15) is 8.42 Å². The number of rotatable bonds is 7. The van der Waals surface area contributed by atoms with Crippen molar-refractivity contribution < 1.29 is 12.9 Å². The topological polar surface area (TPSA) is 85.1 Å². The molecule has 2 rings (SSSR count). The molecular formula is C12H21N3O3S2. The van der Waals surface area contributed by atoms with Crippen LogP contribution in [0.1, 0.15) is 38.4 Å². The third kappa shape index (κ3) is 4.75. The van der Waals surface area contributed by atoms with Crippen LogP contribution in [0.4, 0.5) is 0 Å². The first-order chi connectivity index (χ1) is 9.48. The van der Waals surface area contributed by atoms with Gasteiger partial charge in [0.2, 0.25) is 5.89 Å². The van der Waals surface area contributed by atoms with Crippen LogP contribution in [0, 0.1) is 0 Å². The average Bonchev–Trinajstić information content (AvgIpc) is 3.00. The smallest absolute Gasteiger partial charge is 0.240 e. The lowest BCUT2D eigenvalue weighted by Crippen LogP contribution is -2.29. The Morgan fingerprint density at radius 1 is 1.55 bits per heavy atom. The molecule has 1 fully saturated rings. The van der Waals surface area contributed by atoms with Crippen molar-refractivity contribution in [3.63, 3.8) is 0 Å². The molecule has 1 saturated heterocycles. The van der Waals surface area contributed by atoms with Gasteiger partial charge in [-0.3, -0.25) is 0 Å². The summed E-state index contributed by atoms with van der Waals surface area (Å²) in [7, 11) is -2.85. The second kappa shape index (κ2) is 6.91. The molecule has 1 aliphatic heterocycles. The van der Waals surface area contributed by atoms with E-state index in [0.29, 0.717) is 29.9 Å². The Labute approximate surface area is 124 Å². The summed E-state index contributed by atoms with van der Waals surface area (Å²) in [6.45, 7) is 4.76. The molecule has 0 bridgehead atoms. The molecule has 0 amide bonds. The van der Waals surface area contributed by atoms with Crippen molar-refractivity contribution in [2.45, 2.75) is 50.3 Å². The molecule has 2 unspecified atom stereocenters. The van der Waals surface area contributed by atoms with Crippen molar-refractivity contribution in [2.24, 2.45) is 0 Å². The summed E-state index contributed by atoms with van der Waals surface area (Å²) >= 11 is 1.80. The summed E-state index contributed by atoms with van der Waals surface area (Å²) in [5, 5.41) is 7.67. The van der Waals surface area contributed by atoms with Gasteiger partial charge >= 0.3 is 0 Å². The van der Waals surface area contributed by atoms with Crippen LogP contribution in [0.25, 0.3) is 0 Å². The van der Waals surface area contributed by atoms with Crippen molar-refractivity contribution in [2.75, 3.05) is 11.5 Å². The van der Waals surface area contributed by atoms with Gasteiger partial charge in [0.05, 0.1) is 23.8 Å². The highest BCUT2D eigenvalue weighted by Crippen LogP contribution is 2.18. The fourth-order valence-electron chi connectivity index (χ4n) is 1.94. The predicted molar refractivity (Wildman–Crippen MR) is 79.2 cm³/mol. The summed E-state index contributed by atoms with van der Waals surface area (Å²) < 4.78 is 27.8. The lowest BCUT2D eigenvalue weighted by molar-refractivity contribution is 0.357. The van der Waals surface area contributed by atoms with E-state index in [1.54, 1.807) is 11.8 Å². The minimum atomic E-state index is -2.85. The van der Waals surface area contributed by atoms with Crippen LogP contribution in [-0.4, -0.2) is 41.4 Å². The van der Waals surface area contributed by atoms with E-state index < -0.39 is 9.84 Å². The molecule has 114 valence electrons. The molecule has 0 aliphatic carbocycles. The molecule has 2 heterocycles. The highest BCUT2D eigenvalue weighted by Gasteiger charge is 2.27. The normalized spacial score (nSPS) is 23.0. The van der Waals surface area contributed by atoms with Crippen molar-refractivity contribution in [3.8, 4) is 0 Å². The Hall–Kier alpha value is -0.600. The third-order valence-corrected chi connectivity index (χ3v) is 6.45. The lowest BCUT2D eigenvalue weighted by atomic mass is 10.3. The lowest BCUT2D eigenvalue weighted by Gasteiger charge is -2.07. The van der Waals surface area contributed by atoms with Crippen LogP contribution < -0.4 is 5.32 Å². The monoisotopic (exact) mass is 319 g/mol. The third-order valence-electron chi connectivity index (χ3n) is 3.36. The predicted octanol–water partition coefficient (Wildman–Crippen LogP) is 1.38. The second-order valence-electron chi connectivity index (χ2n) is 5.12. The van der Waals surface area contributed by atoms with Gasteiger partial charge in [-0.05, 0) is 12.8 Å². The molecular weight excluding hydrogens is 298 g/mol. The van der Waals surface area contributed by atoms with E-state index >= 15 is 0 Å². The fraction of sp³-hybridized carbons (Fsp3) is 0.833. The Balaban J connectivity index is 1.76. The molecule has 0 radical (unpaired) electrons. The number of hydrogen-bond donors (Lipinski definition) is 1. The molecule has 1 N–H and O–H groups in total. The maximum atomic E-state index is 11.3. The van der Waals surface area contributed by atoms with E-state index in [2.05, 4.69) is 29.3 Å². The first kappa shape index (κ1) is 15.8. The highest BCUT2D eigenvalue weighted by atomic mass is 32.2. The maximum Gasteiger partial charge on any atom is 0.240 e. The van der Waals surface area contributed by atoms with Crippen molar-refractivity contribution in [1.29, 1.82) is 0 Å². The highest BCUT2D eigenvalue weighted by molar-refractivity contribution is 7.99. The van der Waals surface area contributed by atoms with Crippen molar-refractivity contribution in [1.82, 2.24) is 15.5 Å². The first-order valence-corrected chi connectivity index (χ1v) is 9.72. The van der Waals surface area contributed by atoms with Crippen molar-refractivity contribution >= 4 is 21.6 Å². The molecule has 1 aliphatic rings. The molecule has 0 aromatic carbocycles. The maximum absolute atomic E-state index is 11.3. The molecule has 20 heavy (non-hydrogen) atoms. The van der Waals surface area contributed by atoms with Gasteiger partial charge in [0, 0.05) is 11.3 Å². The van der Waals surface area contributed by atoms with E-state index in [0.717, 1.165) is 12.2 Å². The summed E-state index contributed by atoms with van der Waals surface area (Å²) in [4.78, 5) is 4.30. The molecule has 2 atom stereocenters. The van der Waals surface area contributed by atoms with Crippen LogP contribution in [0.5, 0.6) is 0 Å². The quantitative estimate of drug-likeness (QED) is 0.812. The Morgan fingerprint density at radius 2 is 2.35 bits per heavy atom. The number of aromatic nitrogens is 2. The van der Waals surface area contributed by atoms with Gasteiger partial charge in [-0.15, -0.1) is 0 Å². The average molecular weight is 319 g/mol. The van der Waals surface area contributed by atoms with E-state index in [1.807, 2.05) is 0 Å². The van der Waals surface area contributed by atoms with E-state index in [1.165, 1.54) is 0 Å². The molecule has 0 saturated carbocycles. The summed E-state index contributed by atoms with van der Waals surface area (Å²) in [5.74, 6) is 2.44. The zero-order chi connectivity index (χ0) is 14.6. The van der Waals surface area contributed by atoms with E-state index in [4.69, 9.17) is 4.52 Å². The molecule has 0 spiro atoms. The first-order valence-electron chi connectivity index (χ1n) is 6.85. The number of thioether (sulfide) groups is 1. The van der Waals surface area contributed by atoms with Gasteiger partial charge in [-0.25, -0.2) is 8.42 Å². The van der Waals surface area contributed by atoms with Gasteiger partial charge in [0.15, 0.2) is 15.7 Å². The Kier molecular flexibility index (Phi) is 5.45. The van der Waals surface area contributed by atoms with Crippen molar-refractivity contribution in [3.05, 3.63) is 11.7 Å². The number of nitrogens with one attached hydrogen (secondary N) is 1. The SMILES string of the molecule is CCC(C)SCc1noc(CNC2CCS(=O)(=O)C2)n1. The van der Waals surface area contributed by atoms with Gasteiger partial charge < -0.3 is 9.84 Å². The molecule has 8 heteroatoms. The van der Waals surface area contributed by atoms with E-state index in [-0.39, 0.29) is 17.5 Å². The van der Waals surface area contributed by atoms with Crippen LogP contribution in [0.3, 0.4) is 0 Å². The van der Waals surface area contributed by atoms with Crippen LogP contribution >= 0.6 is 11.8 Å². The van der Waals surface area contributed by atoms with Crippen LogP contribution in [-0.2, 0) is 22.1 Å². The largest absolute Gasteiger partial charge is 0.338 e.